The summed E-state index contributed by atoms with van der Waals surface area (Å²) in [6.07, 6.45) is 7.16. The number of hydrogen-bond donors (Lipinski definition) is 1. The Kier molecular flexibility index (Phi) is 3.42. The summed E-state index contributed by atoms with van der Waals surface area (Å²) in [7, 11) is 1.86. The topological polar surface area (TPSA) is 63.6 Å². The maximum atomic E-state index is 11.8. The molecule has 1 N–H and O–H groups in total. The highest BCUT2D eigenvalue weighted by Crippen LogP contribution is 2.36. The third-order valence-electron chi connectivity index (χ3n) is 3.25. The summed E-state index contributed by atoms with van der Waals surface area (Å²) in [5, 5.41) is 4.44. The van der Waals surface area contributed by atoms with Gasteiger partial charge in [-0.15, -0.1) is 0 Å². The Hall–Kier alpha value is -1.56. The molecule has 0 aromatic carbocycles. The van der Waals surface area contributed by atoms with Crippen molar-refractivity contribution >= 4 is 11.8 Å². The largest absolute Gasteiger partial charge is 0.310 e. The van der Waals surface area contributed by atoms with Gasteiger partial charge in [0.15, 0.2) is 0 Å². The van der Waals surface area contributed by atoms with E-state index in [-0.39, 0.29) is 5.56 Å². The summed E-state index contributed by atoms with van der Waals surface area (Å²) >= 11 is 1.88. The van der Waals surface area contributed by atoms with Crippen LogP contribution in [0.3, 0.4) is 0 Å². The lowest BCUT2D eigenvalue weighted by Crippen LogP contribution is -2.15. The molecule has 1 unspecified atom stereocenters. The van der Waals surface area contributed by atoms with E-state index in [9.17, 15) is 4.79 Å². The number of H-pyrrole nitrogens is 1. The van der Waals surface area contributed by atoms with Crippen molar-refractivity contribution in [3.8, 4) is 11.3 Å². The van der Waals surface area contributed by atoms with Crippen LogP contribution in [0, 0.1) is 0 Å². The molecule has 2 aromatic rings. The molecule has 1 saturated heterocycles. The first-order valence-electron chi connectivity index (χ1n) is 6.44. The molecule has 5 nitrogen and oxygen atoms in total. The molecule has 0 saturated carbocycles. The van der Waals surface area contributed by atoms with E-state index in [0.29, 0.717) is 10.9 Å². The molecule has 0 aliphatic carbocycles. The second-order valence-corrected chi connectivity index (χ2v) is 6.08. The lowest BCUT2D eigenvalue weighted by atomic mass is 10.1. The molecule has 1 aliphatic heterocycles. The molecule has 2 aromatic heterocycles. The van der Waals surface area contributed by atoms with Crippen LogP contribution in [-0.2, 0) is 7.05 Å². The molecule has 0 spiro atoms. The van der Waals surface area contributed by atoms with Gasteiger partial charge >= 0.3 is 0 Å². The van der Waals surface area contributed by atoms with E-state index in [2.05, 4.69) is 15.1 Å². The minimum atomic E-state index is -0.0879. The van der Waals surface area contributed by atoms with Crippen molar-refractivity contribution in [1.29, 1.82) is 0 Å². The fraction of sp³-hybridized carbons (Fsp3) is 0.462. The van der Waals surface area contributed by atoms with Gasteiger partial charge < -0.3 is 4.98 Å². The molecule has 0 radical (unpaired) electrons. The van der Waals surface area contributed by atoms with E-state index in [0.717, 1.165) is 23.6 Å². The van der Waals surface area contributed by atoms with Crippen molar-refractivity contribution in [3.05, 3.63) is 34.6 Å². The third kappa shape index (κ3) is 2.73. The molecule has 1 aliphatic rings. The summed E-state index contributed by atoms with van der Waals surface area (Å²) in [5.74, 6) is 1.95. The van der Waals surface area contributed by atoms with Crippen LogP contribution in [0.2, 0.25) is 0 Å². The number of rotatable bonds is 2. The average Bonchev–Trinajstić information content (AvgIpc) is 2.86. The SMILES string of the molecule is Cn1cc(-c2cc(=O)[nH]c(C3CCCCS3)n2)cn1. The van der Waals surface area contributed by atoms with Gasteiger partial charge in [-0.2, -0.15) is 16.9 Å². The Balaban J connectivity index is 1.98. The van der Waals surface area contributed by atoms with E-state index in [1.54, 1.807) is 10.9 Å². The van der Waals surface area contributed by atoms with E-state index < -0.39 is 0 Å². The van der Waals surface area contributed by atoms with Crippen molar-refractivity contribution in [3.63, 3.8) is 0 Å². The Morgan fingerprint density at radius 2 is 2.37 bits per heavy atom. The quantitative estimate of drug-likeness (QED) is 0.912. The fourth-order valence-corrected chi connectivity index (χ4v) is 3.54. The molecule has 1 atom stereocenters. The Bertz CT molecular complexity index is 628. The minimum absolute atomic E-state index is 0.0879. The highest BCUT2D eigenvalue weighted by molar-refractivity contribution is 7.99. The lowest BCUT2D eigenvalue weighted by Gasteiger charge is -2.20. The van der Waals surface area contributed by atoms with Crippen LogP contribution < -0.4 is 5.56 Å². The molecule has 1 fully saturated rings. The van der Waals surface area contributed by atoms with E-state index in [1.807, 2.05) is 25.0 Å². The molecule has 3 heterocycles. The maximum Gasteiger partial charge on any atom is 0.251 e. The van der Waals surface area contributed by atoms with Crippen LogP contribution in [0.25, 0.3) is 11.3 Å². The van der Waals surface area contributed by atoms with Gasteiger partial charge in [-0.05, 0) is 18.6 Å². The zero-order valence-electron chi connectivity index (χ0n) is 10.8. The summed E-state index contributed by atoms with van der Waals surface area (Å²) in [6.45, 7) is 0. The smallest absolute Gasteiger partial charge is 0.251 e. The lowest BCUT2D eigenvalue weighted by molar-refractivity contribution is 0.660. The normalized spacial score (nSPS) is 19.5. The van der Waals surface area contributed by atoms with Gasteiger partial charge in [0.2, 0.25) is 0 Å². The van der Waals surface area contributed by atoms with Crippen LogP contribution in [-0.4, -0.2) is 25.5 Å². The number of nitrogens with zero attached hydrogens (tertiary/aromatic N) is 3. The summed E-state index contributed by atoms with van der Waals surface area (Å²) in [6, 6.07) is 1.54. The predicted octanol–water partition coefficient (Wildman–Crippen LogP) is 2.13. The Morgan fingerprint density at radius 3 is 3.05 bits per heavy atom. The summed E-state index contributed by atoms with van der Waals surface area (Å²) < 4.78 is 1.72. The van der Waals surface area contributed by atoms with Gasteiger partial charge in [0, 0.05) is 24.9 Å². The molecule has 0 amide bonds. The fourth-order valence-electron chi connectivity index (χ4n) is 2.29. The number of nitrogens with one attached hydrogen (secondary N) is 1. The van der Waals surface area contributed by atoms with E-state index in [1.165, 1.54) is 18.9 Å². The number of thioether (sulfide) groups is 1. The van der Waals surface area contributed by atoms with Crippen molar-refractivity contribution in [2.24, 2.45) is 7.05 Å². The van der Waals surface area contributed by atoms with Crippen LogP contribution in [0.4, 0.5) is 0 Å². The molecule has 19 heavy (non-hydrogen) atoms. The van der Waals surface area contributed by atoms with Crippen LogP contribution >= 0.6 is 11.8 Å². The molecule has 3 rings (SSSR count). The van der Waals surface area contributed by atoms with Crippen LogP contribution in [0.1, 0.15) is 30.3 Å². The maximum absolute atomic E-state index is 11.8. The van der Waals surface area contributed by atoms with Gasteiger partial charge in [-0.1, -0.05) is 6.42 Å². The monoisotopic (exact) mass is 276 g/mol. The summed E-state index contributed by atoms with van der Waals surface area (Å²) in [4.78, 5) is 19.3. The number of aryl methyl sites for hydroxylation is 1. The van der Waals surface area contributed by atoms with Crippen molar-refractivity contribution in [1.82, 2.24) is 19.7 Å². The van der Waals surface area contributed by atoms with E-state index in [4.69, 9.17) is 0 Å². The highest BCUT2D eigenvalue weighted by atomic mass is 32.2. The second-order valence-electron chi connectivity index (χ2n) is 4.77. The molecular formula is C13H16N4OS. The van der Waals surface area contributed by atoms with Gasteiger partial charge in [0.25, 0.3) is 5.56 Å². The minimum Gasteiger partial charge on any atom is -0.310 e. The van der Waals surface area contributed by atoms with Crippen molar-refractivity contribution in [2.75, 3.05) is 5.75 Å². The van der Waals surface area contributed by atoms with Gasteiger partial charge in [-0.3, -0.25) is 9.48 Å². The third-order valence-corrected chi connectivity index (χ3v) is 4.63. The molecular weight excluding hydrogens is 260 g/mol. The van der Waals surface area contributed by atoms with E-state index >= 15 is 0 Å². The zero-order valence-corrected chi connectivity index (χ0v) is 11.6. The van der Waals surface area contributed by atoms with Crippen molar-refractivity contribution in [2.45, 2.75) is 24.5 Å². The highest BCUT2D eigenvalue weighted by Gasteiger charge is 2.19. The Labute approximate surface area is 115 Å². The van der Waals surface area contributed by atoms with Crippen molar-refractivity contribution < 1.29 is 0 Å². The molecule has 100 valence electrons. The standard InChI is InChI=1S/C13H16N4OS/c1-17-8-9(7-14-17)10-6-12(18)16-13(15-10)11-4-2-3-5-19-11/h6-8,11H,2-5H2,1H3,(H,15,16,18). The van der Waals surface area contributed by atoms with Crippen LogP contribution in [0.5, 0.6) is 0 Å². The van der Waals surface area contributed by atoms with Gasteiger partial charge in [0.1, 0.15) is 5.82 Å². The number of aromatic amines is 1. The number of aromatic nitrogens is 4. The average molecular weight is 276 g/mol. The van der Waals surface area contributed by atoms with Gasteiger partial charge in [-0.25, -0.2) is 4.98 Å². The molecule has 0 bridgehead atoms. The first-order chi connectivity index (χ1) is 9.22. The summed E-state index contributed by atoms with van der Waals surface area (Å²) in [5.41, 5.74) is 1.50. The zero-order chi connectivity index (χ0) is 13.2. The van der Waals surface area contributed by atoms with Crippen LogP contribution in [0.15, 0.2) is 23.3 Å². The Morgan fingerprint density at radius 1 is 1.47 bits per heavy atom. The predicted molar refractivity (Wildman–Crippen MR) is 76.1 cm³/mol. The first kappa shape index (κ1) is 12.5. The molecule has 6 heteroatoms. The number of hydrogen-bond acceptors (Lipinski definition) is 4. The second kappa shape index (κ2) is 5.21. The first-order valence-corrected chi connectivity index (χ1v) is 7.49. The van der Waals surface area contributed by atoms with Gasteiger partial charge in [0.05, 0.1) is 17.1 Å².